The number of hydrogen-bond acceptors (Lipinski definition) is 6. The number of nitrogens with zero attached hydrogens (tertiary/aromatic N) is 6. The van der Waals surface area contributed by atoms with Crippen LogP contribution in [-0.4, -0.2) is 36.1 Å². The van der Waals surface area contributed by atoms with Crippen LogP contribution >= 0.6 is 11.6 Å². The van der Waals surface area contributed by atoms with E-state index in [0.717, 1.165) is 5.52 Å². The summed E-state index contributed by atoms with van der Waals surface area (Å²) in [7, 11) is 0. The molecule has 0 bridgehead atoms. The largest absolute Gasteiger partial charge is 0.343 e. The second-order valence-electron chi connectivity index (χ2n) is 6.46. The van der Waals surface area contributed by atoms with Gasteiger partial charge in [-0.05, 0) is 53.8 Å². The Morgan fingerprint density at radius 3 is 3.00 bits per heavy atom. The van der Waals surface area contributed by atoms with Crippen LogP contribution in [0.25, 0.3) is 22.8 Å². The van der Waals surface area contributed by atoms with Gasteiger partial charge in [0.1, 0.15) is 23.7 Å². The third-order valence-corrected chi connectivity index (χ3v) is 4.66. The highest BCUT2D eigenvalue weighted by Gasteiger charge is 2.14. The number of para-hydroxylation sites is 1. The van der Waals surface area contributed by atoms with Crippen LogP contribution in [0.3, 0.4) is 0 Å². The predicted molar refractivity (Wildman–Crippen MR) is 111 cm³/mol. The summed E-state index contributed by atoms with van der Waals surface area (Å²) in [6.45, 7) is 1.81. The molecular formula is C20H15ClN8O. The first-order chi connectivity index (χ1) is 14.5. The molecule has 0 aliphatic carbocycles. The fourth-order valence-corrected chi connectivity index (χ4v) is 3.16. The fraction of sp³-hybridized carbons (Fsp3) is 0.100. The van der Waals surface area contributed by atoms with Crippen LogP contribution in [0.15, 0.2) is 48.8 Å². The fourth-order valence-electron chi connectivity index (χ4n) is 2.98. The van der Waals surface area contributed by atoms with Crippen LogP contribution in [-0.2, 0) is 4.79 Å². The molecule has 1 unspecified atom stereocenters. The van der Waals surface area contributed by atoms with Gasteiger partial charge in [-0.15, -0.1) is 5.10 Å². The van der Waals surface area contributed by atoms with E-state index in [9.17, 15) is 10.1 Å². The molecule has 4 rings (SSSR count). The number of tetrazole rings is 1. The molecule has 10 heteroatoms. The first-order valence-electron chi connectivity index (χ1n) is 8.95. The van der Waals surface area contributed by atoms with Crippen LogP contribution < -0.4 is 5.32 Å². The summed E-state index contributed by atoms with van der Waals surface area (Å²) in [4.78, 5) is 20.0. The maximum atomic E-state index is 12.4. The second kappa shape index (κ2) is 8.14. The van der Waals surface area contributed by atoms with Crippen molar-refractivity contribution in [1.29, 1.82) is 5.26 Å². The number of carbonyl (C=O) groups excluding carboxylic acids is 1. The Bertz CT molecular complexity index is 1290. The number of halogens is 1. The Morgan fingerprint density at radius 1 is 1.37 bits per heavy atom. The highest BCUT2D eigenvalue weighted by molar-refractivity contribution is 6.30. The molecule has 9 nitrogen and oxygen atoms in total. The molecule has 0 radical (unpaired) electrons. The van der Waals surface area contributed by atoms with Crippen LogP contribution in [0.5, 0.6) is 0 Å². The van der Waals surface area contributed by atoms with Gasteiger partial charge in [0.15, 0.2) is 0 Å². The molecule has 2 aromatic heterocycles. The molecule has 0 fully saturated rings. The quantitative estimate of drug-likeness (QED) is 0.480. The smallest absolute Gasteiger partial charge is 0.244 e. The van der Waals surface area contributed by atoms with Gasteiger partial charge in [0.25, 0.3) is 0 Å². The minimum atomic E-state index is -0.389. The number of aromatic amines is 1. The van der Waals surface area contributed by atoms with Crippen LogP contribution in [0.2, 0.25) is 5.02 Å². The summed E-state index contributed by atoms with van der Waals surface area (Å²) in [6, 6.07) is 12.2. The van der Waals surface area contributed by atoms with Crippen molar-refractivity contribution in [3.05, 3.63) is 70.8 Å². The number of amides is 1. The van der Waals surface area contributed by atoms with Gasteiger partial charge < -0.3 is 10.3 Å². The number of aromatic nitrogens is 6. The number of H-pyrrole nitrogens is 1. The molecule has 2 aromatic carbocycles. The van der Waals surface area contributed by atoms with Gasteiger partial charge in [0.05, 0.1) is 22.8 Å². The molecule has 0 spiro atoms. The maximum Gasteiger partial charge on any atom is 0.244 e. The van der Waals surface area contributed by atoms with E-state index in [1.807, 2.05) is 6.07 Å². The normalized spacial score (nSPS) is 12.2. The lowest BCUT2D eigenvalue weighted by atomic mass is 10.1. The molecule has 1 atom stereocenters. The summed E-state index contributed by atoms with van der Waals surface area (Å²) in [6.07, 6.45) is 4.50. The van der Waals surface area contributed by atoms with Crippen molar-refractivity contribution in [2.24, 2.45) is 0 Å². The molecule has 1 amide bonds. The molecule has 30 heavy (non-hydrogen) atoms. The average molecular weight is 419 g/mol. The van der Waals surface area contributed by atoms with Crippen molar-refractivity contribution in [3.63, 3.8) is 0 Å². The zero-order valence-electron chi connectivity index (χ0n) is 15.7. The summed E-state index contributed by atoms with van der Waals surface area (Å²) in [5.74, 6) is 0.248. The summed E-state index contributed by atoms with van der Waals surface area (Å²) < 4.78 is 1.48. The summed E-state index contributed by atoms with van der Waals surface area (Å²) >= 11 is 6.09. The lowest BCUT2D eigenvalue weighted by molar-refractivity contribution is -0.117. The van der Waals surface area contributed by atoms with E-state index in [4.69, 9.17) is 11.6 Å². The minimum Gasteiger partial charge on any atom is -0.343 e. The molecule has 0 aliphatic rings. The Hall–Kier alpha value is -4.03. The molecule has 0 saturated carbocycles. The van der Waals surface area contributed by atoms with Crippen molar-refractivity contribution in [3.8, 4) is 11.8 Å². The zero-order chi connectivity index (χ0) is 21.1. The Balaban J connectivity index is 1.52. The van der Waals surface area contributed by atoms with E-state index in [0.29, 0.717) is 33.2 Å². The number of carbonyl (C=O) groups is 1. The number of fused-ring (bicyclic) bond motifs is 1. The van der Waals surface area contributed by atoms with Crippen molar-refractivity contribution >= 4 is 34.6 Å². The predicted octanol–water partition coefficient (Wildman–Crippen LogP) is 2.95. The molecule has 4 aromatic rings. The molecular weight excluding hydrogens is 404 g/mol. The van der Waals surface area contributed by atoms with Gasteiger partial charge in [0.2, 0.25) is 5.91 Å². The first kappa shape index (κ1) is 19.3. The van der Waals surface area contributed by atoms with E-state index < -0.39 is 0 Å². The molecule has 2 heterocycles. The lowest BCUT2D eigenvalue weighted by Crippen LogP contribution is -2.25. The number of hydrogen-bond donors (Lipinski definition) is 2. The highest BCUT2D eigenvalue weighted by atomic mass is 35.5. The topological polar surface area (TPSA) is 125 Å². The van der Waals surface area contributed by atoms with Crippen LogP contribution in [0.4, 0.5) is 0 Å². The van der Waals surface area contributed by atoms with E-state index in [1.54, 1.807) is 43.3 Å². The van der Waals surface area contributed by atoms with Gasteiger partial charge in [-0.25, -0.2) is 4.98 Å². The SMILES string of the molecule is CC(NC(=O)/C=C/c1cc(Cl)ccc1-n1cnnn1)c1nc2c(C#N)cccc2[nH]1. The number of rotatable bonds is 5. The number of nitriles is 1. The summed E-state index contributed by atoms with van der Waals surface area (Å²) in [5.41, 5.74) is 3.16. The molecule has 0 aliphatic heterocycles. The lowest BCUT2D eigenvalue weighted by Gasteiger charge is -2.09. The first-order valence-corrected chi connectivity index (χ1v) is 9.33. The third kappa shape index (κ3) is 3.90. The van der Waals surface area contributed by atoms with Gasteiger partial charge in [-0.2, -0.15) is 9.94 Å². The van der Waals surface area contributed by atoms with E-state index in [2.05, 4.69) is 36.9 Å². The van der Waals surface area contributed by atoms with Gasteiger partial charge >= 0.3 is 0 Å². The van der Waals surface area contributed by atoms with E-state index in [1.165, 1.54) is 17.1 Å². The number of imidazole rings is 1. The van der Waals surface area contributed by atoms with Crippen LogP contribution in [0.1, 0.15) is 29.9 Å². The Kier molecular flexibility index (Phi) is 5.24. The van der Waals surface area contributed by atoms with Gasteiger partial charge in [0, 0.05) is 16.7 Å². The molecule has 2 N–H and O–H groups in total. The number of benzene rings is 2. The van der Waals surface area contributed by atoms with Crippen molar-refractivity contribution in [1.82, 2.24) is 35.5 Å². The van der Waals surface area contributed by atoms with Gasteiger partial charge in [-0.1, -0.05) is 17.7 Å². The molecule has 148 valence electrons. The summed E-state index contributed by atoms with van der Waals surface area (Å²) in [5, 5.41) is 23.7. The second-order valence-corrected chi connectivity index (χ2v) is 6.89. The monoisotopic (exact) mass is 418 g/mol. The Morgan fingerprint density at radius 2 is 2.23 bits per heavy atom. The van der Waals surface area contributed by atoms with Crippen molar-refractivity contribution < 1.29 is 4.79 Å². The maximum absolute atomic E-state index is 12.4. The van der Waals surface area contributed by atoms with E-state index in [-0.39, 0.29) is 11.9 Å². The van der Waals surface area contributed by atoms with Crippen LogP contribution in [0, 0.1) is 11.3 Å². The standard InChI is InChI=1S/C20H15ClN8O/c1-12(20-25-16-4-2-3-14(10-22)19(16)26-20)24-18(30)8-5-13-9-15(21)6-7-17(13)29-11-23-27-28-29/h2-9,11-12H,1H3,(H,24,30)(H,25,26)/b8-5+. The van der Waals surface area contributed by atoms with Crippen molar-refractivity contribution in [2.45, 2.75) is 13.0 Å². The van der Waals surface area contributed by atoms with E-state index >= 15 is 0 Å². The Labute approximate surface area is 176 Å². The highest BCUT2D eigenvalue weighted by Crippen LogP contribution is 2.21. The van der Waals surface area contributed by atoms with Crippen molar-refractivity contribution in [2.75, 3.05) is 0 Å². The molecule has 0 saturated heterocycles. The number of nitrogens with one attached hydrogen (secondary N) is 2. The minimum absolute atomic E-state index is 0.314. The zero-order valence-corrected chi connectivity index (χ0v) is 16.5. The average Bonchev–Trinajstić information content (AvgIpc) is 3.42. The van der Waals surface area contributed by atoms with Gasteiger partial charge in [-0.3, -0.25) is 4.79 Å². The third-order valence-electron chi connectivity index (χ3n) is 4.42.